The van der Waals surface area contributed by atoms with Crippen molar-refractivity contribution in [1.29, 1.82) is 0 Å². The van der Waals surface area contributed by atoms with Crippen LogP contribution in [0, 0.1) is 5.41 Å². The summed E-state index contributed by atoms with van der Waals surface area (Å²) in [6, 6.07) is 7.58. The van der Waals surface area contributed by atoms with Crippen LogP contribution in [0.5, 0.6) is 5.75 Å². The number of Topliss-reactive ketones (excluding diaryl/α,β-unsaturated/α-hetero) is 1. The summed E-state index contributed by atoms with van der Waals surface area (Å²) in [6.45, 7) is 5.35. The largest absolute Gasteiger partial charge is 0.497 e. The van der Waals surface area contributed by atoms with E-state index in [0.717, 1.165) is 42.0 Å². The molecule has 1 fully saturated rings. The third-order valence-electron chi connectivity index (χ3n) is 6.61. The number of aromatic nitrogens is 1. The molecule has 3 heterocycles. The highest BCUT2D eigenvalue weighted by atomic mass is 32.1. The molecule has 0 saturated carbocycles. The second-order valence-corrected chi connectivity index (χ2v) is 10.8. The molecule has 0 spiro atoms. The molecule has 0 bridgehead atoms. The van der Waals surface area contributed by atoms with Gasteiger partial charge in [-0.2, -0.15) is 0 Å². The number of rotatable bonds is 5. The van der Waals surface area contributed by atoms with E-state index in [1.807, 2.05) is 24.3 Å². The van der Waals surface area contributed by atoms with E-state index in [0.29, 0.717) is 45.7 Å². The van der Waals surface area contributed by atoms with Gasteiger partial charge in [0.05, 0.1) is 24.6 Å². The van der Waals surface area contributed by atoms with Crippen molar-refractivity contribution < 1.29 is 19.1 Å². The summed E-state index contributed by atoms with van der Waals surface area (Å²) in [4.78, 5) is 32.4. The molecule has 1 saturated heterocycles. The van der Waals surface area contributed by atoms with Gasteiger partial charge in [0.2, 0.25) is 0 Å². The van der Waals surface area contributed by atoms with Gasteiger partial charge < -0.3 is 20.5 Å². The Morgan fingerprint density at radius 2 is 2.03 bits per heavy atom. The molecule has 1 atom stereocenters. The molecule has 3 aromatic rings. The number of nitrogens with two attached hydrogens (primary N) is 1. The first kappa shape index (κ1) is 22.8. The summed E-state index contributed by atoms with van der Waals surface area (Å²) in [5.41, 5.74) is 9.79. The molecule has 178 valence electrons. The molecule has 0 radical (unpaired) electrons. The molecule has 2 aromatic heterocycles. The second kappa shape index (κ2) is 8.67. The Kier molecular flexibility index (Phi) is 5.81. The fourth-order valence-electron chi connectivity index (χ4n) is 4.97. The van der Waals surface area contributed by atoms with Crippen molar-refractivity contribution in [2.75, 3.05) is 26.0 Å². The van der Waals surface area contributed by atoms with Crippen LogP contribution in [0.25, 0.3) is 21.3 Å². The number of nitrogen functional groups attached to an aromatic ring is 1. The zero-order chi connectivity index (χ0) is 24.0. The third kappa shape index (κ3) is 4.05. The average Bonchev–Trinajstić information content (AvgIpc) is 3.43. The number of hydrogen-bond acceptors (Lipinski definition) is 7. The van der Waals surface area contributed by atoms with E-state index in [1.54, 1.807) is 7.11 Å². The van der Waals surface area contributed by atoms with Gasteiger partial charge in [-0.1, -0.05) is 26.0 Å². The number of thiophene rings is 1. The van der Waals surface area contributed by atoms with Crippen molar-refractivity contribution in [2.45, 2.75) is 45.6 Å². The van der Waals surface area contributed by atoms with Crippen LogP contribution < -0.4 is 15.8 Å². The summed E-state index contributed by atoms with van der Waals surface area (Å²) in [7, 11) is 1.62. The first-order valence-electron chi connectivity index (χ1n) is 11.6. The Bertz CT molecular complexity index is 1270. The predicted octanol–water partition coefficient (Wildman–Crippen LogP) is 4.62. The van der Waals surface area contributed by atoms with Crippen LogP contribution in [0.15, 0.2) is 24.3 Å². The zero-order valence-corrected chi connectivity index (χ0v) is 20.5. The van der Waals surface area contributed by atoms with Crippen molar-refractivity contribution >= 4 is 38.9 Å². The smallest absolute Gasteiger partial charge is 0.263 e. The topological polar surface area (TPSA) is 104 Å². The summed E-state index contributed by atoms with van der Waals surface area (Å²) in [5.74, 6) is 0.547. The first-order valence-corrected chi connectivity index (χ1v) is 12.4. The van der Waals surface area contributed by atoms with Gasteiger partial charge in [0, 0.05) is 36.1 Å². The van der Waals surface area contributed by atoms with Gasteiger partial charge >= 0.3 is 0 Å². The van der Waals surface area contributed by atoms with E-state index in [-0.39, 0.29) is 23.2 Å². The summed E-state index contributed by atoms with van der Waals surface area (Å²) in [5, 5.41) is 3.63. The van der Waals surface area contributed by atoms with Gasteiger partial charge in [0.1, 0.15) is 15.5 Å². The van der Waals surface area contributed by atoms with Crippen LogP contribution in [-0.4, -0.2) is 43.0 Å². The van der Waals surface area contributed by atoms with Crippen LogP contribution in [-0.2, 0) is 11.2 Å². The molecule has 1 amide bonds. The average molecular weight is 480 g/mol. The maximum atomic E-state index is 13.4. The second-order valence-electron chi connectivity index (χ2n) is 9.85. The van der Waals surface area contributed by atoms with Crippen molar-refractivity contribution in [2.24, 2.45) is 5.41 Å². The number of pyridine rings is 1. The standard InChI is InChI=1S/C26H29N3O4S/c1-26(2)11-17-20(18(30)12-26)19(14-6-8-15(32-3)9-7-14)21-22(27)23(34-25(21)29-17)24(31)28-13-16-5-4-10-33-16/h6-9,16H,4-5,10-13,27H2,1-3H3,(H,28,31). The Morgan fingerprint density at radius 1 is 1.26 bits per heavy atom. The predicted molar refractivity (Wildman–Crippen MR) is 134 cm³/mol. The lowest BCUT2D eigenvalue weighted by Gasteiger charge is -2.31. The minimum absolute atomic E-state index is 0.0414. The molecular weight excluding hydrogens is 450 g/mol. The van der Waals surface area contributed by atoms with Gasteiger partial charge in [-0.05, 0) is 42.4 Å². The van der Waals surface area contributed by atoms with Crippen LogP contribution in [0.2, 0.25) is 0 Å². The third-order valence-corrected chi connectivity index (χ3v) is 7.71. The van der Waals surface area contributed by atoms with Crippen molar-refractivity contribution in [3.63, 3.8) is 0 Å². The Morgan fingerprint density at radius 3 is 2.71 bits per heavy atom. The normalized spacial score (nSPS) is 19.3. The maximum absolute atomic E-state index is 13.4. The van der Waals surface area contributed by atoms with Gasteiger partial charge in [-0.3, -0.25) is 9.59 Å². The molecule has 1 aliphatic heterocycles. The van der Waals surface area contributed by atoms with Gasteiger partial charge in [-0.15, -0.1) is 11.3 Å². The first-order chi connectivity index (χ1) is 16.3. The number of ketones is 1. The van der Waals surface area contributed by atoms with Crippen molar-refractivity contribution in [3.8, 4) is 16.9 Å². The highest BCUT2D eigenvalue weighted by molar-refractivity contribution is 7.21. The van der Waals surface area contributed by atoms with Crippen molar-refractivity contribution in [1.82, 2.24) is 10.3 Å². The van der Waals surface area contributed by atoms with Gasteiger partial charge in [-0.25, -0.2) is 4.98 Å². The zero-order valence-electron chi connectivity index (χ0n) is 19.7. The summed E-state index contributed by atoms with van der Waals surface area (Å²) < 4.78 is 10.9. The lowest BCUT2D eigenvalue weighted by atomic mass is 9.73. The molecule has 7 nitrogen and oxygen atoms in total. The van der Waals surface area contributed by atoms with Crippen LogP contribution >= 0.6 is 11.3 Å². The number of nitrogens with one attached hydrogen (secondary N) is 1. The molecule has 2 aliphatic rings. The summed E-state index contributed by atoms with van der Waals surface area (Å²) in [6.07, 6.45) is 3.12. The number of amides is 1. The van der Waals surface area contributed by atoms with Crippen LogP contribution in [0.1, 0.15) is 58.8 Å². The van der Waals surface area contributed by atoms with E-state index >= 15 is 0 Å². The highest BCUT2D eigenvalue weighted by Gasteiger charge is 2.36. The van der Waals surface area contributed by atoms with Gasteiger partial charge in [0.25, 0.3) is 5.91 Å². The van der Waals surface area contributed by atoms with E-state index in [4.69, 9.17) is 20.2 Å². The minimum Gasteiger partial charge on any atom is -0.497 e. The van der Waals surface area contributed by atoms with Gasteiger partial charge in [0.15, 0.2) is 5.78 Å². The molecule has 1 unspecified atom stereocenters. The number of hydrogen-bond donors (Lipinski definition) is 2. The quantitative estimate of drug-likeness (QED) is 0.554. The number of methoxy groups -OCH3 is 1. The lowest BCUT2D eigenvalue weighted by Crippen LogP contribution is -2.31. The van der Waals surface area contributed by atoms with Crippen LogP contribution in [0.3, 0.4) is 0 Å². The Hall–Kier alpha value is -2.97. The van der Waals surface area contributed by atoms with E-state index in [2.05, 4.69) is 19.2 Å². The highest BCUT2D eigenvalue weighted by Crippen LogP contribution is 2.46. The number of fused-ring (bicyclic) bond motifs is 2. The van der Waals surface area contributed by atoms with Crippen molar-refractivity contribution in [3.05, 3.63) is 40.4 Å². The molecule has 8 heteroatoms. The van der Waals surface area contributed by atoms with E-state index in [9.17, 15) is 9.59 Å². The maximum Gasteiger partial charge on any atom is 0.263 e. The fourth-order valence-corrected chi connectivity index (χ4v) is 6.01. The number of nitrogens with zero attached hydrogens (tertiary/aromatic N) is 1. The fraction of sp³-hybridized carbons (Fsp3) is 0.423. The minimum atomic E-state index is -0.235. The van der Waals surface area contributed by atoms with E-state index in [1.165, 1.54) is 11.3 Å². The molecule has 3 N–H and O–H groups in total. The van der Waals surface area contributed by atoms with Crippen LogP contribution in [0.4, 0.5) is 5.69 Å². The number of ether oxygens (including phenoxy) is 2. The number of anilines is 1. The molecule has 1 aromatic carbocycles. The summed E-state index contributed by atoms with van der Waals surface area (Å²) >= 11 is 1.28. The molecule has 34 heavy (non-hydrogen) atoms. The SMILES string of the molecule is COc1ccc(-c2c3c(nc4sc(C(=O)NCC5CCCO5)c(N)c24)CC(C)(C)CC3=O)cc1. The molecular formula is C26H29N3O4S. The lowest BCUT2D eigenvalue weighted by molar-refractivity contribution is 0.0861. The Balaban J connectivity index is 1.65. The molecule has 1 aliphatic carbocycles. The monoisotopic (exact) mass is 479 g/mol. The number of carbonyl (C=O) groups is 2. The number of carbonyl (C=O) groups excluding carboxylic acids is 2. The number of benzene rings is 1. The van der Waals surface area contributed by atoms with E-state index < -0.39 is 0 Å². The molecule has 5 rings (SSSR count). The Labute approximate surface area is 202 Å².